The van der Waals surface area contributed by atoms with E-state index in [-0.39, 0.29) is 24.2 Å². The molecule has 0 rings (SSSR count). The van der Waals surface area contributed by atoms with Gasteiger partial charge in [-0.3, -0.25) is 0 Å². The average molecular weight is 411 g/mol. The zero-order valence-electron chi connectivity index (χ0n) is 18.5. The summed E-state index contributed by atoms with van der Waals surface area (Å²) in [5.74, 6) is -0.872. The van der Waals surface area contributed by atoms with Crippen molar-refractivity contribution in [3.05, 3.63) is 36.5 Å². The number of rotatable bonds is 20. The van der Waals surface area contributed by atoms with Crippen molar-refractivity contribution in [2.24, 2.45) is 0 Å². The van der Waals surface area contributed by atoms with Gasteiger partial charge >= 0.3 is 5.97 Å². The van der Waals surface area contributed by atoms with Crippen LogP contribution < -0.4 is 0 Å². The van der Waals surface area contributed by atoms with E-state index in [1.54, 1.807) is 0 Å². The van der Waals surface area contributed by atoms with Crippen molar-refractivity contribution in [2.75, 3.05) is 39.4 Å². The van der Waals surface area contributed by atoms with E-state index in [2.05, 4.69) is 43.4 Å². The van der Waals surface area contributed by atoms with Crippen LogP contribution in [0.4, 0.5) is 0 Å². The third-order valence-corrected chi connectivity index (χ3v) is 5.15. The summed E-state index contributed by atoms with van der Waals surface area (Å²) >= 11 is 0. The molecule has 0 aromatic heterocycles. The Balaban J connectivity index is 3.78. The SMILES string of the molecule is CC/C=C\C/C=C\C/C=C\CCCCCCCC[N+](CCO)(CCO)CC(=O)O. The number of quaternary nitrogens is 1. The minimum atomic E-state index is -0.872. The van der Waals surface area contributed by atoms with Gasteiger partial charge in [-0.1, -0.05) is 62.6 Å². The van der Waals surface area contributed by atoms with Gasteiger partial charge in [0.1, 0.15) is 13.1 Å². The van der Waals surface area contributed by atoms with E-state index >= 15 is 0 Å². The number of aliphatic hydroxyl groups excluding tert-OH is 2. The van der Waals surface area contributed by atoms with Crippen molar-refractivity contribution >= 4 is 5.97 Å². The van der Waals surface area contributed by atoms with Gasteiger partial charge in [0.05, 0.1) is 19.8 Å². The Kier molecular flexibility index (Phi) is 18.9. The van der Waals surface area contributed by atoms with Gasteiger partial charge in [0.25, 0.3) is 0 Å². The lowest BCUT2D eigenvalue weighted by atomic mass is 10.1. The second-order valence-corrected chi connectivity index (χ2v) is 7.72. The Morgan fingerprint density at radius 3 is 1.79 bits per heavy atom. The molecule has 0 fully saturated rings. The molecule has 0 aliphatic rings. The Hall–Kier alpha value is -1.43. The maximum atomic E-state index is 11.1. The maximum Gasteiger partial charge on any atom is 0.359 e. The summed E-state index contributed by atoms with van der Waals surface area (Å²) in [6.45, 7) is 3.51. The lowest BCUT2D eigenvalue weighted by Gasteiger charge is -2.36. The molecule has 0 aromatic carbocycles. The third kappa shape index (κ3) is 17.2. The predicted octanol–water partition coefficient (Wildman–Crippen LogP) is 4.46. The first-order chi connectivity index (χ1) is 14.1. The average Bonchev–Trinajstić information content (AvgIpc) is 2.67. The van der Waals surface area contributed by atoms with Crippen LogP contribution in [0, 0.1) is 0 Å². The fraction of sp³-hybridized carbons (Fsp3) is 0.708. The van der Waals surface area contributed by atoms with Crippen molar-refractivity contribution in [3.63, 3.8) is 0 Å². The molecule has 5 nitrogen and oxygen atoms in total. The monoisotopic (exact) mass is 410 g/mol. The van der Waals surface area contributed by atoms with Gasteiger partial charge in [0, 0.05) is 0 Å². The van der Waals surface area contributed by atoms with Crippen molar-refractivity contribution < 1.29 is 24.6 Å². The van der Waals surface area contributed by atoms with Crippen LogP contribution >= 0.6 is 0 Å². The van der Waals surface area contributed by atoms with Crippen LogP contribution in [0.3, 0.4) is 0 Å². The lowest BCUT2D eigenvalue weighted by molar-refractivity contribution is -0.922. The molecule has 5 heteroatoms. The molecular weight excluding hydrogens is 366 g/mol. The van der Waals surface area contributed by atoms with Crippen molar-refractivity contribution in [1.82, 2.24) is 0 Å². The lowest BCUT2D eigenvalue weighted by Crippen LogP contribution is -2.55. The number of allylic oxidation sites excluding steroid dienone is 6. The summed E-state index contributed by atoms with van der Waals surface area (Å²) in [7, 11) is 0. The fourth-order valence-electron chi connectivity index (χ4n) is 3.53. The summed E-state index contributed by atoms with van der Waals surface area (Å²) < 4.78 is 0.274. The first kappa shape index (κ1) is 27.6. The predicted molar refractivity (Wildman–Crippen MR) is 121 cm³/mol. The van der Waals surface area contributed by atoms with Crippen LogP contribution in [-0.4, -0.2) is 65.2 Å². The summed E-state index contributed by atoms with van der Waals surface area (Å²) in [6, 6.07) is 0. The minimum Gasteiger partial charge on any atom is -0.477 e. The molecule has 3 N–H and O–H groups in total. The van der Waals surface area contributed by atoms with Gasteiger partial charge in [0.15, 0.2) is 6.54 Å². The number of hydrogen-bond donors (Lipinski definition) is 3. The molecule has 0 saturated carbocycles. The number of carboxylic acids is 1. The number of aliphatic carboxylic acids is 1. The maximum absolute atomic E-state index is 11.1. The molecule has 0 heterocycles. The molecule has 0 aliphatic carbocycles. The molecule has 29 heavy (non-hydrogen) atoms. The van der Waals surface area contributed by atoms with Gasteiger partial charge in [-0.25, -0.2) is 4.79 Å². The Morgan fingerprint density at radius 2 is 1.24 bits per heavy atom. The Morgan fingerprint density at radius 1 is 0.724 bits per heavy atom. The van der Waals surface area contributed by atoms with Crippen LogP contribution in [0.5, 0.6) is 0 Å². The first-order valence-corrected chi connectivity index (χ1v) is 11.3. The molecule has 168 valence electrons. The summed E-state index contributed by atoms with van der Waals surface area (Å²) in [6.07, 6.45) is 24.4. The highest BCUT2D eigenvalue weighted by Gasteiger charge is 2.28. The molecule has 0 amide bonds. The van der Waals surface area contributed by atoms with E-state index in [0.29, 0.717) is 19.6 Å². The Labute approximate surface area is 178 Å². The smallest absolute Gasteiger partial charge is 0.359 e. The molecular formula is C24H44NO4+. The molecule has 0 spiro atoms. The minimum absolute atomic E-state index is 0.0297. The van der Waals surface area contributed by atoms with Gasteiger partial charge in [-0.2, -0.15) is 0 Å². The number of unbranched alkanes of at least 4 members (excludes halogenated alkanes) is 6. The van der Waals surface area contributed by atoms with Crippen LogP contribution in [-0.2, 0) is 4.79 Å². The molecule has 0 atom stereocenters. The zero-order chi connectivity index (χ0) is 21.6. The molecule has 0 bridgehead atoms. The van der Waals surface area contributed by atoms with Crippen LogP contribution in [0.15, 0.2) is 36.5 Å². The van der Waals surface area contributed by atoms with E-state index in [1.807, 2.05) is 0 Å². The fourth-order valence-corrected chi connectivity index (χ4v) is 3.53. The highest BCUT2D eigenvalue weighted by Crippen LogP contribution is 2.13. The molecule has 0 unspecified atom stereocenters. The molecule has 0 saturated heterocycles. The van der Waals surface area contributed by atoms with Gasteiger partial charge < -0.3 is 19.8 Å². The second-order valence-electron chi connectivity index (χ2n) is 7.72. The van der Waals surface area contributed by atoms with Crippen molar-refractivity contribution in [1.29, 1.82) is 0 Å². The largest absolute Gasteiger partial charge is 0.477 e. The van der Waals surface area contributed by atoms with E-state index in [0.717, 1.165) is 44.9 Å². The standard InChI is InChI=1S/C24H43NO4/c1-2-3-4-5-6-7-8-9-10-11-12-13-14-15-16-17-18-25(19-21-26,20-22-27)23-24(28)29/h3-4,6-7,9-10,26-27H,2,5,8,11-23H2,1H3/p+1/b4-3-,7-6-,10-9-. The molecule has 0 aromatic rings. The van der Waals surface area contributed by atoms with Crippen LogP contribution in [0.1, 0.15) is 71.1 Å². The van der Waals surface area contributed by atoms with E-state index in [9.17, 15) is 15.0 Å². The van der Waals surface area contributed by atoms with E-state index in [1.165, 1.54) is 19.3 Å². The van der Waals surface area contributed by atoms with Crippen molar-refractivity contribution in [3.8, 4) is 0 Å². The quantitative estimate of drug-likeness (QED) is 0.157. The third-order valence-electron chi connectivity index (χ3n) is 5.15. The highest BCUT2D eigenvalue weighted by atomic mass is 16.4. The topological polar surface area (TPSA) is 77.8 Å². The Bertz CT molecular complexity index is 466. The second kappa shape index (κ2) is 19.9. The number of hydrogen-bond acceptors (Lipinski definition) is 3. The summed E-state index contributed by atoms with van der Waals surface area (Å²) in [4.78, 5) is 11.1. The number of aliphatic hydroxyl groups is 2. The normalized spacial score (nSPS) is 12.7. The van der Waals surface area contributed by atoms with Gasteiger partial charge in [-0.15, -0.1) is 0 Å². The molecule has 0 aliphatic heterocycles. The van der Waals surface area contributed by atoms with E-state index < -0.39 is 5.97 Å². The number of nitrogens with zero attached hydrogens (tertiary/aromatic N) is 1. The van der Waals surface area contributed by atoms with E-state index in [4.69, 9.17) is 5.11 Å². The van der Waals surface area contributed by atoms with Crippen LogP contribution in [0.25, 0.3) is 0 Å². The summed E-state index contributed by atoms with van der Waals surface area (Å²) in [5, 5.41) is 27.7. The van der Waals surface area contributed by atoms with Crippen molar-refractivity contribution in [2.45, 2.75) is 71.1 Å². The number of carbonyl (C=O) groups is 1. The number of carboxylic acid groups (broad SMARTS) is 1. The highest BCUT2D eigenvalue weighted by molar-refractivity contribution is 5.67. The first-order valence-electron chi connectivity index (χ1n) is 11.3. The van der Waals surface area contributed by atoms with Gasteiger partial charge in [0.2, 0.25) is 0 Å². The zero-order valence-corrected chi connectivity index (χ0v) is 18.5. The van der Waals surface area contributed by atoms with Gasteiger partial charge in [-0.05, 0) is 44.9 Å². The molecule has 0 radical (unpaired) electrons. The van der Waals surface area contributed by atoms with Crippen LogP contribution in [0.2, 0.25) is 0 Å². The summed E-state index contributed by atoms with van der Waals surface area (Å²) in [5.41, 5.74) is 0.